The number of aryl methyl sites for hydroxylation is 3. The van der Waals surface area contributed by atoms with E-state index in [9.17, 15) is 9.18 Å². The summed E-state index contributed by atoms with van der Waals surface area (Å²) < 4.78 is 23.8. The highest BCUT2D eigenvalue weighted by Crippen LogP contribution is 2.30. The van der Waals surface area contributed by atoms with Gasteiger partial charge in [-0.3, -0.25) is 14.2 Å². The van der Waals surface area contributed by atoms with Gasteiger partial charge in [-0.05, 0) is 88.0 Å². The summed E-state index contributed by atoms with van der Waals surface area (Å²) in [5.41, 5.74) is 5.59. The molecule has 2 aromatic carbocycles. The minimum atomic E-state index is -0.480. The Bertz CT molecular complexity index is 1420. The first-order valence-corrected chi connectivity index (χ1v) is 12.7. The fourth-order valence-electron chi connectivity index (χ4n) is 4.18. The molecule has 0 bridgehead atoms. The molecule has 0 aliphatic heterocycles. The zero-order valence-corrected chi connectivity index (χ0v) is 22.8. The summed E-state index contributed by atoms with van der Waals surface area (Å²) in [6.45, 7) is 7.43. The molecular weight excluding hydrogens is 483 g/mol. The number of nitrogens with one attached hydrogen (secondary N) is 1. The van der Waals surface area contributed by atoms with Crippen LogP contribution in [-0.2, 0) is 13.6 Å². The van der Waals surface area contributed by atoms with E-state index in [0.717, 1.165) is 34.5 Å². The number of nitrogens with zero attached hydrogens (tertiary/aromatic N) is 5. The maximum Gasteiger partial charge on any atom is 0.252 e. The standard InChI is InChI=1S/C29H35FN6O2/c1-7-36-9-8-27(33-36)23-14-21(13-22(15-23)24-17-31-35(6)18-24)20(3)32-29(37)25-16-28(26(30)12-19(25)2)38-11-10-34(4)5/h8-9,12-18,20H,7,10-11H2,1-6H3,(H,32,37)/t20-/m1/s1. The quantitative estimate of drug-likeness (QED) is 0.325. The summed E-state index contributed by atoms with van der Waals surface area (Å²) in [5, 5.41) is 12.1. The predicted molar refractivity (Wildman–Crippen MR) is 147 cm³/mol. The van der Waals surface area contributed by atoms with E-state index in [1.165, 1.54) is 12.1 Å². The van der Waals surface area contributed by atoms with Crippen LogP contribution < -0.4 is 10.1 Å². The van der Waals surface area contributed by atoms with Gasteiger partial charge in [0, 0.05) is 49.2 Å². The van der Waals surface area contributed by atoms with Crippen molar-refractivity contribution in [2.45, 2.75) is 33.4 Å². The van der Waals surface area contributed by atoms with Crippen LogP contribution in [0.2, 0.25) is 0 Å². The molecule has 0 unspecified atom stereocenters. The molecule has 2 aromatic heterocycles. The van der Waals surface area contributed by atoms with Gasteiger partial charge in [-0.2, -0.15) is 10.2 Å². The number of halogens is 1. The van der Waals surface area contributed by atoms with Crippen LogP contribution in [0.3, 0.4) is 0 Å². The summed E-state index contributed by atoms with van der Waals surface area (Å²) >= 11 is 0. The molecule has 0 spiro atoms. The van der Waals surface area contributed by atoms with Gasteiger partial charge in [0.1, 0.15) is 6.61 Å². The summed E-state index contributed by atoms with van der Waals surface area (Å²) in [6.07, 6.45) is 5.72. The molecule has 0 aliphatic carbocycles. The number of ether oxygens (including phenoxy) is 1. The molecule has 4 rings (SSSR count). The fraction of sp³-hybridized carbons (Fsp3) is 0.345. The summed E-state index contributed by atoms with van der Waals surface area (Å²) in [4.78, 5) is 15.3. The maximum absolute atomic E-state index is 14.5. The van der Waals surface area contributed by atoms with Gasteiger partial charge in [-0.1, -0.05) is 0 Å². The Morgan fingerprint density at radius 3 is 2.58 bits per heavy atom. The van der Waals surface area contributed by atoms with Gasteiger partial charge < -0.3 is 15.0 Å². The molecule has 1 atom stereocenters. The molecule has 4 aromatic rings. The van der Waals surface area contributed by atoms with Crippen molar-refractivity contribution in [3.05, 3.63) is 77.5 Å². The van der Waals surface area contributed by atoms with Crippen LogP contribution in [0.1, 0.15) is 41.4 Å². The van der Waals surface area contributed by atoms with E-state index < -0.39 is 5.82 Å². The Morgan fingerprint density at radius 1 is 1.16 bits per heavy atom. The van der Waals surface area contributed by atoms with Crippen LogP contribution in [0.15, 0.2) is 55.0 Å². The zero-order chi connectivity index (χ0) is 27.4. The highest BCUT2D eigenvalue weighted by Gasteiger charge is 2.19. The lowest BCUT2D eigenvalue weighted by molar-refractivity contribution is 0.0938. The normalized spacial score (nSPS) is 12.1. The number of hydrogen-bond donors (Lipinski definition) is 1. The average molecular weight is 519 g/mol. The Labute approximate surface area is 223 Å². The first-order valence-electron chi connectivity index (χ1n) is 12.7. The van der Waals surface area contributed by atoms with Gasteiger partial charge in [-0.25, -0.2) is 4.39 Å². The van der Waals surface area contributed by atoms with Gasteiger partial charge in [0.2, 0.25) is 0 Å². The Balaban J connectivity index is 1.62. The second-order valence-corrected chi connectivity index (χ2v) is 9.75. The third kappa shape index (κ3) is 6.28. The van der Waals surface area contributed by atoms with Gasteiger partial charge in [0.15, 0.2) is 11.6 Å². The van der Waals surface area contributed by atoms with Crippen molar-refractivity contribution in [2.24, 2.45) is 7.05 Å². The van der Waals surface area contributed by atoms with E-state index in [2.05, 4.69) is 27.6 Å². The predicted octanol–water partition coefficient (Wildman–Crippen LogP) is 4.85. The second-order valence-electron chi connectivity index (χ2n) is 9.75. The number of aromatic nitrogens is 4. The van der Waals surface area contributed by atoms with E-state index >= 15 is 0 Å². The minimum absolute atomic E-state index is 0.0719. The number of amides is 1. The summed E-state index contributed by atoms with van der Waals surface area (Å²) in [7, 11) is 5.71. The van der Waals surface area contributed by atoms with Gasteiger partial charge in [0.25, 0.3) is 5.91 Å². The summed E-state index contributed by atoms with van der Waals surface area (Å²) in [5.74, 6) is -0.704. The highest BCUT2D eigenvalue weighted by atomic mass is 19.1. The number of carbonyl (C=O) groups is 1. The Morgan fingerprint density at radius 2 is 1.92 bits per heavy atom. The second kappa shape index (κ2) is 11.6. The fourth-order valence-corrected chi connectivity index (χ4v) is 4.18. The molecular formula is C29H35FN6O2. The van der Waals surface area contributed by atoms with Gasteiger partial charge in [0.05, 0.1) is 17.9 Å². The third-order valence-corrected chi connectivity index (χ3v) is 6.42. The van der Waals surface area contributed by atoms with Crippen molar-refractivity contribution in [3.63, 3.8) is 0 Å². The van der Waals surface area contributed by atoms with Crippen molar-refractivity contribution in [1.29, 1.82) is 0 Å². The van der Waals surface area contributed by atoms with Gasteiger partial charge >= 0.3 is 0 Å². The maximum atomic E-state index is 14.5. The molecule has 1 N–H and O–H groups in total. The van der Waals surface area contributed by atoms with E-state index in [1.54, 1.807) is 11.6 Å². The number of benzene rings is 2. The zero-order valence-electron chi connectivity index (χ0n) is 22.8. The van der Waals surface area contributed by atoms with Crippen LogP contribution in [-0.4, -0.2) is 57.6 Å². The number of hydrogen-bond acceptors (Lipinski definition) is 5. The first kappa shape index (κ1) is 27.1. The van der Waals surface area contributed by atoms with Gasteiger partial charge in [-0.15, -0.1) is 0 Å². The van der Waals surface area contributed by atoms with Crippen LogP contribution in [0.4, 0.5) is 4.39 Å². The Kier molecular flexibility index (Phi) is 8.26. The topological polar surface area (TPSA) is 77.2 Å². The molecule has 9 heteroatoms. The lowest BCUT2D eigenvalue weighted by Crippen LogP contribution is -2.27. The van der Waals surface area contributed by atoms with E-state index in [-0.39, 0.29) is 17.7 Å². The molecule has 1 amide bonds. The van der Waals surface area contributed by atoms with Crippen molar-refractivity contribution in [1.82, 2.24) is 29.8 Å². The average Bonchev–Trinajstić information content (AvgIpc) is 3.54. The minimum Gasteiger partial charge on any atom is -0.489 e. The molecule has 8 nitrogen and oxygen atoms in total. The Hall–Kier alpha value is -3.98. The summed E-state index contributed by atoms with van der Waals surface area (Å²) in [6, 6.07) is 10.7. The van der Waals surface area contributed by atoms with Crippen molar-refractivity contribution < 1.29 is 13.9 Å². The van der Waals surface area contributed by atoms with E-state index in [0.29, 0.717) is 24.3 Å². The molecule has 0 saturated heterocycles. The molecule has 200 valence electrons. The van der Waals surface area contributed by atoms with Crippen LogP contribution in [0.5, 0.6) is 5.75 Å². The monoisotopic (exact) mass is 518 g/mol. The SMILES string of the molecule is CCn1ccc(-c2cc(-c3cnn(C)c3)cc([C@@H](C)NC(=O)c3cc(OCCN(C)C)c(F)cc3C)c2)n1. The van der Waals surface area contributed by atoms with E-state index in [1.807, 2.05) is 75.3 Å². The largest absolute Gasteiger partial charge is 0.489 e. The lowest BCUT2D eigenvalue weighted by atomic mass is 9.96. The van der Waals surface area contributed by atoms with Crippen molar-refractivity contribution in [2.75, 3.05) is 27.2 Å². The smallest absolute Gasteiger partial charge is 0.252 e. The number of carbonyl (C=O) groups excluding carboxylic acids is 1. The lowest BCUT2D eigenvalue weighted by Gasteiger charge is -2.18. The molecule has 2 heterocycles. The highest BCUT2D eigenvalue weighted by molar-refractivity contribution is 5.96. The van der Waals surface area contributed by atoms with Crippen LogP contribution >= 0.6 is 0 Å². The van der Waals surface area contributed by atoms with Crippen molar-refractivity contribution in [3.8, 4) is 28.1 Å². The number of rotatable bonds is 10. The molecule has 0 fully saturated rings. The molecule has 0 aliphatic rings. The molecule has 0 radical (unpaired) electrons. The molecule has 38 heavy (non-hydrogen) atoms. The van der Waals surface area contributed by atoms with E-state index in [4.69, 9.17) is 4.74 Å². The first-order chi connectivity index (χ1) is 18.1. The van der Waals surface area contributed by atoms with Crippen LogP contribution in [0, 0.1) is 12.7 Å². The van der Waals surface area contributed by atoms with Crippen molar-refractivity contribution >= 4 is 5.91 Å². The third-order valence-electron chi connectivity index (χ3n) is 6.42. The van der Waals surface area contributed by atoms with Crippen LogP contribution in [0.25, 0.3) is 22.4 Å². The molecule has 0 saturated carbocycles. The number of likely N-dealkylation sites (N-methyl/N-ethyl adjacent to an activating group) is 1.